The number of pyridine rings is 1. The van der Waals surface area contributed by atoms with E-state index in [1.165, 1.54) is 18.7 Å². The zero-order valence-electron chi connectivity index (χ0n) is 10.0. The smallest absolute Gasteiger partial charge is 0.271 e. The predicted octanol–water partition coefficient (Wildman–Crippen LogP) is 0.830. The summed E-state index contributed by atoms with van der Waals surface area (Å²) in [5.74, 6) is 0.0318. The van der Waals surface area contributed by atoms with Crippen LogP contribution in [0, 0.1) is 0 Å². The second-order valence-electron chi connectivity index (χ2n) is 3.66. The first-order chi connectivity index (χ1) is 8.63. The van der Waals surface area contributed by atoms with E-state index < -0.39 is 0 Å². The van der Waals surface area contributed by atoms with Crippen molar-refractivity contribution in [2.24, 2.45) is 0 Å². The van der Waals surface area contributed by atoms with Crippen LogP contribution in [0.15, 0.2) is 30.6 Å². The Kier molecular flexibility index (Phi) is 3.18. The van der Waals surface area contributed by atoms with Crippen molar-refractivity contribution in [2.45, 2.75) is 6.92 Å². The number of hydrogen-bond acceptors (Lipinski definition) is 4. The molecule has 0 aliphatic rings. The molecule has 0 saturated carbocycles. The summed E-state index contributed by atoms with van der Waals surface area (Å²) in [5.41, 5.74) is 0.738. The van der Waals surface area contributed by atoms with E-state index in [-0.39, 0.29) is 17.4 Å². The molecule has 18 heavy (non-hydrogen) atoms. The van der Waals surface area contributed by atoms with E-state index in [2.05, 4.69) is 15.4 Å². The Bertz CT molecular complexity index is 604. The van der Waals surface area contributed by atoms with Crippen LogP contribution in [0.25, 0.3) is 5.82 Å². The molecule has 0 aliphatic heterocycles. The van der Waals surface area contributed by atoms with Gasteiger partial charge in [0.2, 0.25) is 0 Å². The molecule has 6 heteroatoms. The van der Waals surface area contributed by atoms with Gasteiger partial charge < -0.3 is 5.32 Å². The number of ketones is 1. The normalized spacial score (nSPS) is 10.1. The van der Waals surface area contributed by atoms with E-state index in [4.69, 9.17) is 0 Å². The molecule has 1 amide bonds. The first-order valence-electron chi connectivity index (χ1n) is 5.37. The molecule has 0 bridgehead atoms. The Hall–Kier alpha value is -2.50. The van der Waals surface area contributed by atoms with Crippen LogP contribution < -0.4 is 5.32 Å². The van der Waals surface area contributed by atoms with E-state index >= 15 is 0 Å². The number of nitrogens with zero attached hydrogens (tertiary/aromatic N) is 3. The lowest BCUT2D eigenvalue weighted by Gasteiger charge is -2.04. The topological polar surface area (TPSA) is 76.9 Å². The van der Waals surface area contributed by atoms with Crippen molar-refractivity contribution in [2.75, 3.05) is 7.05 Å². The van der Waals surface area contributed by atoms with Crippen molar-refractivity contribution in [3.8, 4) is 5.82 Å². The van der Waals surface area contributed by atoms with Gasteiger partial charge in [-0.05, 0) is 25.1 Å². The maximum atomic E-state index is 11.5. The SMILES string of the molecule is CNC(=O)c1ccn(-c2ncccc2C(C)=O)n1. The number of amides is 1. The molecule has 2 heterocycles. The molecule has 2 aromatic rings. The molecular formula is C12H12N4O2. The summed E-state index contributed by atoms with van der Waals surface area (Å²) in [4.78, 5) is 27.0. The maximum absolute atomic E-state index is 11.5. The van der Waals surface area contributed by atoms with Crippen molar-refractivity contribution >= 4 is 11.7 Å². The summed E-state index contributed by atoms with van der Waals surface area (Å²) >= 11 is 0. The van der Waals surface area contributed by atoms with Gasteiger partial charge in [-0.2, -0.15) is 5.10 Å². The minimum atomic E-state index is -0.283. The summed E-state index contributed by atoms with van der Waals surface area (Å²) in [7, 11) is 1.53. The van der Waals surface area contributed by atoms with Crippen LogP contribution in [0.4, 0.5) is 0 Å². The molecule has 0 spiro atoms. The summed E-state index contributed by atoms with van der Waals surface area (Å²) in [6.07, 6.45) is 3.17. The highest BCUT2D eigenvalue weighted by Crippen LogP contribution is 2.11. The number of hydrogen-bond donors (Lipinski definition) is 1. The fourth-order valence-electron chi connectivity index (χ4n) is 1.55. The van der Waals surface area contributed by atoms with Gasteiger partial charge in [0.05, 0.1) is 5.56 Å². The van der Waals surface area contributed by atoms with Crippen LogP contribution in [-0.4, -0.2) is 33.5 Å². The fourth-order valence-corrected chi connectivity index (χ4v) is 1.55. The third-order valence-corrected chi connectivity index (χ3v) is 2.43. The lowest BCUT2D eigenvalue weighted by Crippen LogP contribution is -2.18. The predicted molar refractivity (Wildman–Crippen MR) is 64.8 cm³/mol. The average molecular weight is 244 g/mol. The minimum Gasteiger partial charge on any atom is -0.354 e. The molecule has 0 saturated heterocycles. The lowest BCUT2D eigenvalue weighted by molar-refractivity contribution is 0.0957. The third kappa shape index (κ3) is 2.13. The molecule has 0 radical (unpaired) electrons. The number of carbonyl (C=O) groups is 2. The Balaban J connectivity index is 2.46. The second kappa shape index (κ2) is 4.79. The summed E-state index contributed by atoms with van der Waals surface area (Å²) in [6, 6.07) is 4.92. The molecule has 0 fully saturated rings. The molecule has 0 aliphatic carbocycles. The van der Waals surface area contributed by atoms with Gasteiger partial charge in [0.15, 0.2) is 17.3 Å². The molecular weight excluding hydrogens is 232 g/mol. The molecule has 92 valence electrons. The van der Waals surface area contributed by atoms with Gasteiger partial charge in [0, 0.05) is 19.4 Å². The molecule has 2 rings (SSSR count). The van der Waals surface area contributed by atoms with Gasteiger partial charge in [0.25, 0.3) is 5.91 Å². The maximum Gasteiger partial charge on any atom is 0.271 e. The van der Waals surface area contributed by atoms with E-state index in [0.717, 1.165) is 0 Å². The Morgan fingerprint density at radius 2 is 2.11 bits per heavy atom. The largest absolute Gasteiger partial charge is 0.354 e. The van der Waals surface area contributed by atoms with Gasteiger partial charge in [-0.1, -0.05) is 0 Å². The summed E-state index contributed by atoms with van der Waals surface area (Å²) in [6.45, 7) is 1.46. The zero-order valence-corrected chi connectivity index (χ0v) is 10.0. The molecule has 0 unspecified atom stereocenters. The van der Waals surface area contributed by atoms with Crippen molar-refractivity contribution in [1.29, 1.82) is 0 Å². The number of Topliss-reactive ketones (excluding diaryl/α,β-unsaturated/α-hetero) is 1. The highest BCUT2D eigenvalue weighted by atomic mass is 16.1. The number of carbonyl (C=O) groups excluding carboxylic acids is 2. The van der Waals surface area contributed by atoms with Crippen molar-refractivity contribution in [3.63, 3.8) is 0 Å². The van der Waals surface area contributed by atoms with Crippen molar-refractivity contribution in [3.05, 3.63) is 41.9 Å². The number of aromatic nitrogens is 3. The van der Waals surface area contributed by atoms with Gasteiger partial charge in [-0.3, -0.25) is 9.59 Å². The quantitative estimate of drug-likeness (QED) is 0.811. The standard InChI is InChI=1S/C12H12N4O2/c1-8(17)9-4-3-6-14-11(9)16-7-5-10(15-16)12(18)13-2/h3-7H,1-2H3,(H,13,18). The van der Waals surface area contributed by atoms with Gasteiger partial charge >= 0.3 is 0 Å². The Labute approximate surface area is 104 Å². The molecule has 1 N–H and O–H groups in total. The van der Waals surface area contributed by atoms with E-state index in [1.807, 2.05) is 0 Å². The molecule has 0 aromatic carbocycles. The fraction of sp³-hybridized carbons (Fsp3) is 0.167. The lowest BCUT2D eigenvalue weighted by atomic mass is 10.2. The molecule has 0 atom stereocenters. The van der Waals surface area contributed by atoms with Crippen LogP contribution in [0.2, 0.25) is 0 Å². The first kappa shape index (κ1) is 12.0. The number of rotatable bonds is 3. The van der Waals surface area contributed by atoms with Crippen molar-refractivity contribution < 1.29 is 9.59 Å². The highest BCUT2D eigenvalue weighted by Gasteiger charge is 2.13. The number of nitrogens with one attached hydrogen (secondary N) is 1. The van der Waals surface area contributed by atoms with Crippen molar-refractivity contribution in [1.82, 2.24) is 20.1 Å². The molecule has 2 aromatic heterocycles. The Morgan fingerprint density at radius 3 is 2.78 bits per heavy atom. The van der Waals surface area contributed by atoms with E-state index in [1.54, 1.807) is 30.6 Å². The minimum absolute atomic E-state index is 0.102. The highest BCUT2D eigenvalue weighted by molar-refractivity contribution is 5.97. The first-order valence-corrected chi connectivity index (χ1v) is 5.37. The monoisotopic (exact) mass is 244 g/mol. The summed E-state index contributed by atoms with van der Waals surface area (Å²) < 4.78 is 1.42. The average Bonchev–Trinajstić information content (AvgIpc) is 2.87. The molecule has 6 nitrogen and oxygen atoms in total. The van der Waals surface area contributed by atoms with E-state index in [0.29, 0.717) is 11.4 Å². The van der Waals surface area contributed by atoms with Gasteiger partial charge in [-0.25, -0.2) is 9.67 Å². The van der Waals surface area contributed by atoms with Gasteiger partial charge in [-0.15, -0.1) is 0 Å². The van der Waals surface area contributed by atoms with Crippen LogP contribution in [0.3, 0.4) is 0 Å². The summed E-state index contributed by atoms with van der Waals surface area (Å²) in [5, 5.41) is 6.57. The van der Waals surface area contributed by atoms with Crippen LogP contribution in [-0.2, 0) is 0 Å². The van der Waals surface area contributed by atoms with Crippen LogP contribution >= 0.6 is 0 Å². The zero-order chi connectivity index (χ0) is 13.1. The third-order valence-electron chi connectivity index (χ3n) is 2.43. The van der Waals surface area contributed by atoms with E-state index in [9.17, 15) is 9.59 Å². The van der Waals surface area contributed by atoms with Gasteiger partial charge in [0.1, 0.15) is 0 Å². The van der Waals surface area contributed by atoms with Crippen LogP contribution in [0.1, 0.15) is 27.8 Å². The Morgan fingerprint density at radius 1 is 1.33 bits per heavy atom. The van der Waals surface area contributed by atoms with Crippen LogP contribution in [0.5, 0.6) is 0 Å². The second-order valence-corrected chi connectivity index (χ2v) is 3.66.